The number of ether oxygens (including phenoxy) is 3. The number of carbonyl (C=O) groups excluding carboxylic acids is 2. The third-order valence-corrected chi connectivity index (χ3v) is 5.83. The molecule has 12 nitrogen and oxygen atoms in total. The number of hydrogen-bond acceptors (Lipinski definition) is 9. The van der Waals surface area contributed by atoms with Crippen LogP contribution in [0.5, 0.6) is 5.75 Å². The Morgan fingerprint density at radius 1 is 1.21 bits per heavy atom. The second-order valence-corrected chi connectivity index (χ2v) is 7.98. The van der Waals surface area contributed by atoms with E-state index in [0.29, 0.717) is 37.7 Å². The van der Waals surface area contributed by atoms with Crippen LogP contribution in [0.25, 0.3) is 0 Å². The molecule has 34 heavy (non-hydrogen) atoms. The first-order valence-electron chi connectivity index (χ1n) is 10.9. The molecule has 0 saturated carbocycles. The Bertz CT molecular complexity index is 1180. The zero-order chi connectivity index (χ0) is 24.2. The molecule has 2 aliphatic heterocycles. The Hall–Kier alpha value is -3.64. The number of amides is 1. The molecule has 1 amide bonds. The first kappa shape index (κ1) is 23.5. The zero-order valence-electron chi connectivity index (χ0n) is 18.8. The van der Waals surface area contributed by atoms with Gasteiger partial charge in [-0.1, -0.05) is 12.1 Å². The highest BCUT2D eigenvalue weighted by molar-refractivity contribution is 6.02. The molecule has 0 bridgehead atoms. The van der Waals surface area contributed by atoms with Crippen LogP contribution in [0, 0.1) is 0 Å². The van der Waals surface area contributed by atoms with Crippen LogP contribution < -0.4 is 26.6 Å². The Balaban J connectivity index is 1.61. The van der Waals surface area contributed by atoms with Gasteiger partial charge in [-0.2, -0.15) is 0 Å². The average Bonchev–Trinajstić information content (AvgIpc) is 2.83. The van der Waals surface area contributed by atoms with Crippen LogP contribution in [0.4, 0.5) is 11.5 Å². The Labute approximate surface area is 194 Å². The zero-order valence-corrected chi connectivity index (χ0v) is 18.8. The van der Waals surface area contributed by atoms with Gasteiger partial charge in [0.2, 0.25) is 0 Å². The smallest absolute Gasteiger partial charge is 0.330 e. The molecule has 3 heterocycles. The summed E-state index contributed by atoms with van der Waals surface area (Å²) in [6, 6.07) is 7.05. The number of anilines is 2. The summed E-state index contributed by atoms with van der Waals surface area (Å²) >= 11 is 0. The summed E-state index contributed by atoms with van der Waals surface area (Å²) in [5.41, 5.74) is 4.78. The molecule has 3 N–H and O–H groups in total. The van der Waals surface area contributed by atoms with Crippen molar-refractivity contribution in [2.75, 3.05) is 63.7 Å². The van der Waals surface area contributed by atoms with E-state index in [2.05, 4.69) is 4.98 Å². The van der Waals surface area contributed by atoms with E-state index in [1.165, 1.54) is 7.11 Å². The predicted molar refractivity (Wildman–Crippen MR) is 122 cm³/mol. The average molecular weight is 473 g/mol. The van der Waals surface area contributed by atoms with Crippen molar-refractivity contribution in [2.24, 2.45) is 0 Å². The van der Waals surface area contributed by atoms with Crippen LogP contribution in [0.1, 0.15) is 10.4 Å². The lowest BCUT2D eigenvalue weighted by atomic mass is 10.1. The van der Waals surface area contributed by atoms with E-state index in [1.807, 2.05) is 0 Å². The monoisotopic (exact) mass is 473 g/mol. The van der Waals surface area contributed by atoms with Crippen LogP contribution in [0.3, 0.4) is 0 Å². The summed E-state index contributed by atoms with van der Waals surface area (Å²) < 4.78 is 17.3. The van der Waals surface area contributed by atoms with Gasteiger partial charge in [-0.25, -0.2) is 4.79 Å². The predicted octanol–water partition coefficient (Wildman–Crippen LogP) is -0.926. The van der Waals surface area contributed by atoms with Crippen LogP contribution in [-0.2, 0) is 20.8 Å². The lowest BCUT2D eigenvalue weighted by Crippen LogP contribution is -2.53. The third kappa shape index (κ3) is 4.68. The van der Waals surface area contributed by atoms with E-state index in [1.54, 1.807) is 34.1 Å². The quantitative estimate of drug-likeness (QED) is 0.487. The second-order valence-electron chi connectivity index (χ2n) is 7.98. The number of carbonyl (C=O) groups is 2. The summed E-state index contributed by atoms with van der Waals surface area (Å²) in [5, 5.41) is 0. The molecule has 1 unspecified atom stereocenters. The van der Waals surface area contributed by atoms with Crippen molar-refractivity contribution in [3.8, 4) is 5.75 Å². The van der Waals surface area contributed by atoms with Gasteiger partial charge in [-0.15, -0.1) is 0 Å². The Kier molecular flexibility index (Phi) is 6.98. The number of fused-ring (bicyclic) bond motifs is 1. The van der Waals surface area contributed by atoms with E-state index in [9.17, 15) is 19.2 Å². The van der Waals surface area contributed by atoms with Crippen LogP contribution >= 0.6 is 0 Å². The highest BCUT2D eigenvalue weighted by Crippen LogP contribution is 2.33. The molecule has 1 saturated heterocycles. The van der Waals surface area contributed by atoms with Crippen molar-refractivity contribution in [1.82, 2.24) is 14.5 Å². The van der Waals surface area contributed by atoms with Gasteiger partial charge in [-0.3, -0.25) is 23.9 Å². The lowest BCUT2D eigenvalue weighted by Gasteiger charge is -2.38. The van der Waals surface area contributed by atoms with Crippen molar-refractivity contribution in [3.05, 3.63) is 50.7 Å². The number of rotatable bonds is 7. The number of nitrogens with one attached hydrogen (secondary N) is 1. The fourth-order valence-electron chi connectivity index (χ4n) is 4.09. The maximum Gasteiger partial charge on any atom is 0.330 e. The number of aromatic amines is 1. The highest BCUT2D eigenvalue weighted by Gasteiger charge is 2.35. The van der Waals surface area contributed by atoms with E-state index >= 15 is 0 Å². The van der Waals surface area contributed by atoms with E-state index in [-0.39, 0.29) is 43.5 Å². The molecule has 0 radical (unpaired) electrons. The first-order valence-corrected chi connectivity index (χ1v) is 10.9. The number of para-hydroxylation sites is 2. The van der Waals surface area contributed by atoms with Crippen molar-refractivity contribution in [3.63, 3.8) is 0 Å². The molecular weight excluding hydrogens is 446 g/mol. The minimum absolute atomic E-state index is 0.0781. The third-order valence-electron chi connectivity index (χ3n) is 5.83. The largest absolute Gasteiger partial charge is 0.477 e. The van der Waals surface area contributed by atoms with Gasteiger partial charge in [-0.05, 0) is 12.1 Å². The fraction of sp³-hybridized carbons (Fsp3) is 0.455. The molecule has 12 heteroatoms. The van der Waals surface area contributed by atoms with Gasteiger partial charge in [0, 0.05) is 20.2 Å². The minimum Gasteiger partial charge on any atom is -0.477 e. The van der Waals surface area contributed by atoms with Crippen molar-refractivity contribution in [2.45, 2.75) is 12.6 Å². The van der Waals surface area contributed by atoms with Crippen LogP contribution in [0.2, 0.25) is 0 Å². The number of aromatic nitrogens is 2. The molecule has 4 rings (SSSR count). The van der Waals surface area contributed by atoms with E-state index in [4.69, 9.17) is 19.9 Å². The first-order chi connectivity index (χ1) is 16.4. The Morgan fingerprint density at radius 3 is 2.68 bits per heavy atom. The molecule has 1 aromatic heterocycles. The van der Waals surface area contributed by atoms with Gasteiger partial charge in [0.1, 0.15) is 17.1 Å². The molecular formula is C22H27N5O7. The highest BCUT2D eigenvalue weighted by atomic mass is 16.5. The van der Waals surface area contributed by atoms with E-state index < -0.39 is 23.1 Å². The lowest BCUT2D eigenvalue weighted by molar-refractivity contribution is -0.142. The fourth-order valence-corrected chi connectivity index (χ4v) is 4.09. The Morgan fingerprint density at radius 2 is 1.94 bits per heavy atom. The number of morpholine rings is 1. The van der Waals surface area contributed by atoms with Crippen molar-refractivity contribution >= 4 is 23.2 Å². The molecule has 1 aromatic carbocycles. The number of ketones is 1. The number of nitrogens with two attached hydrogens (primary N) is 1. The maximum absolute atomic E-state index is 13.2. The summed E-state index contributed by atoms with van der Waals surface area (Å²) in [6.07, 6.45) is -0.827. The van der Waals surface area contributed by atoms with Gasteiger partial charge < -0.3 is 29.7 Å². The SMILES string of the molecule is COCCn1c(N)c(C(=O)CN2CC(C(=O)N3CCOCC3)Oc3ccccc32)c(=O)[nH]c1=O. The summed E-state index contributed by atoms with van der Waals surface area (Å²) in [5.74, 6) is -0.543. The summed E-state index contributed by atoms with van der Waals surface area (Å²) in [7, 11) is 1.46. The van der Waals surface area contributed by atoms with Gasteiger partial charge in [0.15, 0.2) is 11.9 Å². The maximum atomic E-state index is 13.2. The van der Waals surface area contributed by atoms with Crippen LogP contribution in [0.15, 0.2) is 33.9 Å². The van der Waals surface area contributed by atoms with Crippen molar-refractivity contribution in [1.29, 1.82) is 0 Å². The van der Waals surface area contributed by atoms with E-state index in [0.717, 1.165) is 4.57 Å². The molecule has 2 aliphatic rings. The normalized spacial score (nSPS) is 17.7. The number of nitrogens with zero attached hydrogens (tertiary/aromatic N) is 3. The molecule has 182 valence electrons. The van der Waals surface area contributed by atoms with Gasteiger partial charge in [0.25, 0.3) is 11.5 Å². The standard InChI is InChI=1S/C22H27N5O7/c1-32-9-8-27-19(23)18(20(29)24-22(27)31)15(28)12-26-13-17(21(30)25-6-10-33-11-7-25)34-16-5-3-2-4-14(16)26/h2-5,17H,6-13,23H2,1H3,(H,24,29,31). The molecule has 2 aromatic rings. The van der Waals surface area contributed by atoms with Crippen LogP contribution in [-0.4, -0.2) is 85.4 Å². The number of H-pyrrole nitrogens is 1. The molecule has 1 fully saturated rings. The number of benzene rings is 1. The topological polar surface area (TPSA) is 149 Å². The molecule has 0 spiro atoms. The van der Waals surface area contributed by atoms with Crippen molar-refractivity contribution < 1.29 is 23.8 Å². The number of nitrogen functional groups attached to an aromatic ring is 1. The molecule has 0 aliphatic carbocycles. The van der Waals surface area contributed by atoms with Gasteiger partial charge in [0.05, 0.1) is 45.1 Å². The number of hydrogen-bond donors (Lipinski definition) is 2. The number of Topliss-reactive ketones (excluding diaryl/α,β-unsaturated/α-hetero) is 1. The summed E-state index contributed by atoms with van der Waals surface area (Å²) in [4.78, 5) is 56.4. The molecule has 1 atom stereocenters. The minimum atomic E-state index is -0.858. The number of methoxy groups -OCH3 is 1. The van der Waals surface area contributed by atoms with Gasteiger partial charge >= 0.3 is 5.69 Å². The second kappa shape index (κ2) is 10.1. The summed E-state index contributed by atoms with van der Waals surface area (Å²) in [6.45, 7) is 1.97.